The highest BCUT2D eigenvalue weighted by Crippen LogP contribution is 2.17. The summed E-state index contributed by atoms with van der Waals surface area (Å²) in [6.45, 7) is 3.87. The van der Waals surface area contributed by atoms with Gasteiger partial charge in [-0.3, -0.25) is 4.79 Å². The number of carbonyl (C=O) groups is 1. The molecule has 5 heteroatoms. The molecule has 1 aliphatic rings. The Morgan fingerprint density at radius 2 is 1.86 bits per heavy atom. The van der Waals surface area contributed by atoms with Gasteiger partial charge in [0.15, 0.2) is 0 Å². The minimum absolute atomic E-state index is 0.0402. The number of piperidine rings is 1. The maximum atomic E-state index is 12.4. The first-order chi connectivity index (χ1) is 10.5. The Labute approximate surface area is 137 Å². The van der Waals surface area contributed by atoms with Gasteiger partial charge in [-0.25, -0.2) is 0 Å². The number of halogens is 1. The summed E-state index contributed by atoms with van der Waals surface area (Å²) in [5.41, 5.74) is 13.3. The standard InChI is InChI=1S/C17H26ClN3O/c1-12-6-8-21(9-7-12)17(22)16(20)11-15(19)10-13-2-4-14(18)5-3-13/h2-5,12,15-16H,6-11,19-20H2,1H3/t15?,16-/m0/s1. The van der Waals surface area contributed by atoms with E-state index in [1.165, 1.54) is 0 Å². The first-order valence-electron chi connectivity index (χ1n) is 8.00. The van der Waals surface area contributed by atoms with Crippen molar-refractivity contribution in [2.75, 3.05) is 13.1 Å². The third kappa shape index (κ3) is 4.97. The minimum Gasteiger partial charge on any atom is -0.341 e. The number of amides is 1. The molecule has 22 heavy (non-hydrogen) atoms. The highest BCUT2D eigenvalue weighted by atomic mass is 35.5. The Hall–Kier alpha value is -1.10. The lowest BCUT2D eigenvalue weighted by atomic mass is 9.96. The summed E-state index contributed by atoms with van der Waals surface area (Å²) in [5, 5.41) is 0.712. The van der Waals surface area contributed by atoms with Crippen molar-refractivity contribution in [3.63, 3.8) is 0 Å². The number of hydrogen-bond acceptors (Lipinski definition) is 3. The summed E-state index contributed by atoms with van der Waals surface area (Å²) in [6.07, 6.45) is 3.34. The lowest BCUT2D eigenvalue weighted by molar-refractivity contribution is -0.134. The van der Waals surface area contributed by atoms with E-state index < -0.39 is 6.04 Å². The van der Waals surface area contributed by atoms with Crippen LogP contribution in [0, 0.1) is 5.92 Å². The van der Waals surface area contributed by atoms with Crippen LogP contribution in [0.5, 0.6) is 0 Å². The van der Waals surface area contributed by atoms with Crippen LogP contribution in [0.2, 0.25) is 5.02 Å². The van der Waals surface area contributed by atoms with Gasteiger partial charge in [-0.15, -0.1) is 0 Å². The van der Waals surface area contributed by atoms with Gasteiger partial charge in [0, 0.05) is 24.2 Å². The first kappa shape index (κ1) is 17.3. The zero-order valence-corrected chi connectivity index (χ0v) is 13.9. The molecule has 0 aromatic heterocycles. The zero-order chi connectivity index (χ0) is 16.1. The van der Waals surface area contributed by atoms with Crippen molar-refractivity contribution in [1.82, 2.24) is 4.90 Å². The van der Waals surface area contributed by atoms with Gasteiger partial charge in [0.05, 0.1) is 6.04 Å². The molecule has 0 radical (unpaired) electrons. The van der Waals surface area contributed by atoms with Gasteiger partial charge in [0.1, 0.15) is 0 Å². The molecule has 0 aliphatic carbocycles. The van der Waals surface area contributed by atoms with Gasteiger partial charge in [-0.2, -0.15) is 0 Å². The Balaban J connectivity index is 1.81. The van der Waals surface area contributed by atoms with Crippen LogP contribution >= 0.6 is 11.6 Å². The molecule has 122 valence electrons. The summed E-state index contributed by atoms with van der Waals surface area (Å²) in [7, 11) is 0. The molecule has 1 heterocycles. The quantitative estimate of drug-likeness (QED) is 0.872. The van der Waals surface area contributed by atoms with E-state index in [0.29, 0.717) is 23.8 Å². The SMILES string of the molecule is CC1CCN(C(=O)[C@@H](N)CC(N)Cc2ccc(Cl)cc2)CC1. The highest BCUT2D eigenvalue weighted by molar-refractivity contribution is 6.30. The Morgan fingerprint density at radius 1 is 1.27 bits per heavy atom. The second kappa shape index (κ2) is 7.95. The average Bonchev–Trinajstić information content (AvgIpc) is 2.49. The van der Waals surface area contributed by atoms with Crippen LogP contribution in [0.4, 0.5) is 0 Å². The van der Waals surface area contributed by atoms with Gasteiger partial charge < -0.3 is 16.4 Å². The van der Waals surface area contributed by atoms with Crippen molar-refractivity contribution < 1.29 is 4.79 Å². The van der Waals surface area contributed by atoms with Crippen LogP contribution in [0.1, 0.15) is 31.7 Å². The molecule has 4 nitrogen and oxygen atoms in total. The molecular formula is C17H26ClN3O. The number of likely N-dealkylation sites (tertiary alicyclic amines) is 1. The van der Waals surface area contributed by atoms with Crippen LogP contribution in [0.15, 0.2) is 24.3 Å². The van der Waals surface area contributed by atoms with Crippen LogP contribution in [0.3, 0.4) is 0 Å². The molecule has 0 bridgehead atoms. The summed E-state index contributed by atoms with van der Waals surface area (Å²) in [6, 6.07) is 7.00. The lowest BCUT2D eigenvalue weighted by Gasteiger charge is -2.32. The van der Waals surface area contributed by atoms with E-state index in [4.69, 9.17) is 23.1 Å². The molecule has 4 N–H and O–H groups in total. The van der Waals surface area contributed by atoms with E-state index in [2.05, 4.69) is 6.92 Å². The van der Waals surface area contributed by atoms with Gasteiger partial charge in [0.25, 0.3) is 0 Å². The number of benzene rings is 1. The Morgan fingerprint density at radius 3 is 2.45 bits per heavy atom. The van der Waals surface area contributed by atoms with Crippen LogP contribution in [0.25, 0.3) is 0 Å². The predicted octanol–water partition coefficient (Wildman–Crippen LogP) is 2.19. The van der Waals surface area contributed by atoms with Gasteiger partial charge in [-0.1, -0.05) is 30.7 Å². The fraction of sp³-hybridized carbons (Fsp3) is 0.588. The van der Waals surface area contributed by atoms with Crippen molar-refractivity contribution in [3.05, 3.63) is 34.9 Å². The number of nitrogens with two attached hydrogens (primary N) is 2. The number of nitrogens with zero attached hydrogens (tertiary/aromatic N) is 1. The summed E-state index contributed by atoms with van der Waals surface area (Å²) >= 11 is 5.87. The van der Waals surface area contributed by atoms with E-state index in [-0.39, 0.29) is 11.9 Å². The molecule has 0 spiro atoms. The number of carbonyl (C=O) groups excluding carboxylic acids is 1. The average molecular weight is 324 g/mol. The molecule has 2 atom stereocenters. The van der Waals surface area contributed by atoms with Gasteiger partial charge in [0.2, 0.25) is 5.91 Å². The monoisotopic (exact) mass is 323 g/mol. The molecule has 1 saturated heterocycles. The molecule has 1 aromatic rings. The van der Waals surface area contributed by atoms with Gasteiger partial charge >= 0.3 is 0 Å². The van der Waals surface area contributed by atoms with E-state index in [1.807, 2.05) is 29.2 Å². The van der Waals surface area contributed by atoms with Gasteiger partial charge in [-0.05, 0) is 49.3 Å². The third-order valence-electron chi connectivity index (χ3n) is 4.38. The number of rotatable bonds is 5. The van der Waals surface area contributed by atoms with E-state index >= 15 is 0 Å². The fourth-order valence-corrected chi connectivity index (χ4v) is 3.02. The maximum Gasteiger partial charge on any atom is 0.239 e. The Kier molecular flexibility index (Phi) is 6.24. The van der Waals surface area contributed by atoms with Crippen molar-refractivity contribution in [3.8, 4) is 0 Å². The topological polar surface area (TPSA) is 72.3 Å². The normalized spacial score (nSPS) is 19.0. The molecule has 1 amide bonds. The van der Waals surface area contributed by atoms with Crippen LogP contribution in [-0.2, 0) is 11.2 Å². The summed E-state index contributed by atoms with van der Waals surface area (Å²) < 4.78 is 0. The highest BCUT2D eigenvalue weighted by Gasteiger charge is 2.25. The molecule has 2 rings (SSSR count). The Bertz CT molecular complexity index is 483. The maximum absolute atomic E-state index is 12.4. The smallest absolute Gasteiger partial charge is 0.239 e. The van der Waals surface area contributed by atoms with Crippen LogP contribution in [-0.4, -0.2) is 36.0 Å². The summed E-state index contributed by atoms with van der Waals surface area (Å²) in [4.78, 5) is 14.3. The molecular weight excluding hydrogens is 298 g/mol. The van der Waals surface area contributed by atoms with Crippen LogP contribution < -0.4 is 11.5 Å². The molecule has 1 aromatic carbocycles. The van der Waals surface area contributed by atoms with Crippen molar-refractivity contribution in [2.45, 2.75) is 44.7 Å². The van der Waals surface area contributed by atoms with E-state index in [9.17, 15) is 4.79 Å². The molecule has 1 aliphatic heterocycles. The predicted molar refractivity (Wildman–Crippen MR) is 90.7 cm³/mol. The minimum atomic E-state index is -0.504. The van der Waals surface area contributed by atoms with E-state index in [0.717, 1.165) is 31.5 Å². The second-order valence-electron chi connectivity index (χ2n) is 6.44. The van der Waals surface area contributed by atoms with Crippen molar-refractivity contribution in [2.24, 2.45) is 17.4 Å². The molecule has 1 fully saturated rings. The zero-order valence-electron chi connectivity index (χ0n) is 13.2. The lowest BCUT2D eigenvalue weighted by Crippen LogP contribution is -2.49. The largest absolute Gasteiger partial charge is 0.341 e. The van der Waals surface area contributed by atoms with E-state index in [1.54, 1.807) is 0 Å². The first-order valence-corrected chi connectivity index (χ1v) is 8.38. The second-order valence-corrected chi connectivity index (χ2v) is 6.88. The summed E-state index contributed by atoms with van der Waals surface area (Å²) in [5.74, 6) is 0.742. The fourth-order valence-electron chi connectivity index (χ4n) is 2.90. The van der Waals surface area contributed by atoms with Crippen molar-refractivity contribution >= 4 is 17.5 Å². The number of hydrogen-bond donors (Lipinski definition) is 2. The molecule has 1 unspecified atom stereocenters. The third-order valence-corrected chi connectivity index (χ3v) is 4.63. The van der Waals surface area contributed by atoms with Crippen molar-refractivity contribution in [1.29, 1.82) is 0 Å². The molecule has 0 saturated carbocycles.